The van der Waals surface area contributed by atoms with Crippen LogP contribution in [0.1, 0.15) is 17.2 Å². The maximum absolute atomic E-state index is 12.3. The van der Waals surface area contributed by atoms with E-state index < -0.39 is 6.04 Å². The van der Waals surface area contributed by atoms with Gasteiger partial charge in [-0.05, 0) is 23.8 Å². The smallest absolute Gasteiger partial charge is 0.248 e. The van der Waals surface area contributed by atoms with E-state index >= 15 is 0 Å². The number of amides is 1. The molecule has 102 valence electrons. The Labute approximate surface area is 126 Å². The second kappa shape index (κ2) is 5.09. The maximum atomic E-state index is 12.3. The Morgan fingerprint density at radius 3 is 2.60 bits per heavy atom. The van der Waals surface area contributed by atoms with Gasteiger partial charge in [0.1, 0.15) is 6.04 Å². The summed E-state index contributed by atoms with van der Waals surface area (Å²) in [5, 5.41) is 0.980. The molecule has 0 aromatic heterocycles. The van der Waals surface area contributed by atoms with Gasteiger partial charge in [-0.25, -0.2) is 0 Å². The van der Waals surface area contributed by atoms with E-state index in [0.717, 1.165) is 16.8 Å². The molecule has 20 heavy (non-hydrogen) atoms. The number of hydrogen-bond acceptors (Lipinski definition) is 2. The molecule has 0 saturated heterocycles. The van der Waals surface area contributed by atoms with E-state index in [1.54, 1.807) is 17.0 Å². The number of hydrogen-bond donors (Lipinski definition) is 1. The van der Waals surface area contributed by atoms with Gasteiger partial charge in [0, 0.05) is 11.3 Å². The molecule has 1 aliphatic rings. The highest BCUT2D eigenvalue weighted by Gasteiger charge is 2.34. The predicted molar refractivity (Wildman–Crippen MR) is 81.0 cm³/mol. The van der Waals surface area contributed by atoms with Crippen LogP contribution in [-0.2, 0) is 11.3 Å². The topological polar surface area (TPSA) is 46.3 Å². The summed E-state index contributed by atoms with van der Waals surface area (Å²) in [6, 6.07) is 12.3. The molecule has 2 N–H and O–H groups in total. The van der Waals surface area contributed by atoms with Gasteiger partial charge >= 0.3 is 0 Å². The monoisotopic (exact) mass is 306 g/mol. The van der Waals surface area contributed by atoms with E-state index in [4.69, 9.17) is 28.9 Å². The van der Waals surface area contributed by atoms with Crippen LogP contribution < -0.4 is 10.6 Å². The number of carbonyl (C=O) groups excluding carboxylic acids is 1. The molecule has 1 amide bonds. The number of anilines is 1. The van der Waals surface area contributed by atoms with Crippen LogP contribution >= 0.6 is 23.2 Å². The highest BCUT2D eigenvalue weighted by atomic mass is 35.5. The number of fused-ring (bicyclic) bond motifs is 1. The summed E-state index contributed by atoms with van der Waals surface area (Å²) in [6.45, 7) is 0.431. The average molecular weight is 307 g/mol. The maximum Gasteiger partial charge on any atom is 0.248 e. The van der Waals surface area contributed by atoms with Gasteiger partial charge in [0.05, 0.1) is 16.6 Å². The first kappa shape index (κ1) is 13.4. The first-order valence-electron chi connectivity index (χ1n) is 6.18. The molecule has 0 aliphatic carbocycles. The molecule has 2 aromatic rings. The van der Waals surface area contributed by atoms with Crippen LogP contribution in [0.2, 0.25) is 10.0 Å². The molecule has 3 rings (SSSR count). The Hall–Kier alpha value is -1.55. The number of para-hydroxylation sites is 1. The van der Waals surface area contributed by atoms with Crippen molar-refractivity contribution < 1.29 is 4.79 Å². The Morgan fingerprint density at radius 2 is 1.85 bits per heavy atom. The van der Waals surface area contributed by atoms with Crippen LogP contribution in [0.3, 0.4) is 0 Å². The van der Waals surface area contributed by atoms with Crippen molar-refractivity contribution in [1.82, 2.24) is 0 Å². The lowest BCUT2D eigenvalue weighted by Crippen LogP contribution is -2.31. The zero-order chi connectivity index (χ0) is 14.3. The fourth-order valence-electron chi connectivity index (χ4n) is 2.40. The minimum absolute atomic E-state index is 0.0997. The van der Waals surface area contributed by atoms with E-state index in [1.165, 1.54) is 0 Å². The predicted octanol–water partition coefficient (Wildman–Crippen LogP) is 3.54. The van der Waals surface area contributed by atoms with Gasteiger partial charge in [-0.15, -0.1) is 0 Å². The molecule has 1 atom stereocenters. The Kier molecular flexibility index (Phi) is 3.42. The van der Waals surface area contributed by atoms with E-state index in [1.807, 2.05) is 30.3 Å². The summed E-state index contributed by atoms with van der Waals surface area (Å²) in [5.74, 6) is -0.0997. The van der Waals surface area contributed by atoms with Gasteiger partial charge in [-0.1, -0.05) is 47.5 Å². The largest absolute Gasteiger partial charge is 0.316 e. The lowest BCUT2D eigenvalue weighted by molar-refractivity contribution is -0.119. The van der Waals surface area contributed by atoms with Crippen molar-refractivity contribution in [2.24, 2.45) is 5.73 Å². The highest BCUT2D eigenvalue weighted by Crippen LogP contribution is 2.35. The zero-order valence-corrected chi connectivity index (χ0v) is 12.0. The van der Waals surface area contributed by atoms with Crippen molar-refractivity contribution in [2.45, 2.75) is 12.6 Å². The lowest BCUT2D eigenvalue weighted by atomic mass is 10.1. The molecule has 0 fully saturated rings. The molecule has 1 aliphatic heterocycles. The second-order valence-corrected chi connectivity index (χ2v) is 5.52. The summed E-state index contributed by atoms with van der Waals surface area (Å²) in [5.41, 5.74) is 8.58. The minimum Gasteiger partial charge on any atom is -0.316 e. The number of carbonyl (C=O) groups is 1. The third-order valence-corrected chi connectivity index (χ3v) is 4.16. The fraction of sp³-hybridized carbons (Fsp3) is 0.133. The molecule has 2 aromatic carbocycles. The van der Waals surface area contributed by atoms with Crippen molar-refractivity contribution in [3.8, 4) is 0 Å². The molecule has 0 radical (unpaired) electrons. The molecule has 5 heteroatoms. The van der Waals surface area contributed by atoms with Crippen molar-refractivity contribution in [2.75, 3.05) is 4.90 Å². The summed E-state index contributed by atoms with van der Waals surface area (Å²) in [4.78, 5) is 13.9. The first-order chi connectivity index (χ1) is 9.58. The van der Waals surface area contributed by atoms with Crippen LogP contribution in [0.25, 0.3) is 0 Å². The van der Waals surface area contributed by atoms with E-state index in [9.17, 15) is 4.79 Å². The number of nitrogens with two attached hydrogens (primary N) is 1. The molecule has 0 bridgehead atoms. The van der Waals surface area contributed by atoms with Gasteiger partial charge in [0.2, 0.25) is 5.91 Å². The Morgan fingerprint density at radius 1 is 1.10 bits per heavy atom. The van der Waals surface area contributed by atoms with Gasteiger partial charge in [-0.2, -0.15) is 0 Å². The van der Waals surface area contributed by atoms with Crippen LogP contribution in [0, 0.1) is 0 Å². The quantitative estimate of drug-likeness (QED) is 0.922. The summed E-state index contributed by atoms with van der Waals surface area (Å²) in [6.07, 6.45) is 0. The number of halogens is 2. The standard InChI is InChI=1S/C15H12Cl2N2O/c16-11-6-5-9(7-12(11)17)8-19-13-4-2-1-3-10(13)14(18)15(19)20/h1-7,14H,8,18H2/t14-/m0/s1. The second-order valence-electron chi connectivity index (χ2n) is 4.71. The zero-order valence-electron chi connectivity index (χ0n) is 10.5. The van der Waals surface area contributed by atoms with Crippen molar-refractivity contribution in [1.29, 1.82) is 0 Å². The normalized spacial score (nSPS) is 17.4. The Bertz CT molecular complexity index is 687. The third-order valence-electron chi connectivity index (χ3n) is 3.42. The van der Waals surface area contributed by atoms with Gasteiger partial charge in [-0.3, -0.25) is 4.79 Å². The molecule has 1 heterocycles. The fourth-order valence-corrected chi connectivity index (χ4v) is 2.72. The van der Waals surface area contributed by atoms with Gasteiger partial charge < -0.3 is 10.6 Å². The minimum atomic E-state index is -0.589. The summed E-state index contributed by atoms with van der Waals surface area (Å²) in [7, 11) is 0. The summed E-state index contributed by atoms with van der Waals surface area (Å²) >= 11 is 11.9. The molecule has 0 saturated carbocycles. The van der Waals surface area contributed by atoms with Crippen LogP contribution in [0.4, 0.5) is 5.69 Å². The van der Waals surface area contributed by atoms with Crippen LogP contribution in [0.15, 0.2) is 42.5 Å². The number of benzene rings is 2. The van der Waals surface area contributed by atoms with Gasteiger partial charge in [0.25, 0.3) is 0 Å². The molecule has 3 nitrogen and oxygen atoms in total. The lowest BCUT2D eigenvalue weighted by Gasteiger charge is -2.18. The average Bonchev–Trinajstić information content (AvgIpc) is 2.69. The van der Waals surface area contributed by atoms with Crippen molar-refractivity contribution >= 4 is 34.8 Å². The van der Waals surface area contributed by atoms with E-state index in [0.29, 0.717) is 16.6 Å². The molecular weight excluding hydrogens is 295 g/mol. The first-order valence-corrected chi connectivity index (χ1v) is 6.93. The van der Waals surface area contributed by atoms with Crippen molar-refractivity contribution in [3.63, 3.8) is 0 Å². The highest BCUT2D eigenvalue weighted by molar-refractivity contribution is 6.42. The van der Waals surface area contributed by atoms with E-state index in [-0.39, 0.29) is 5.91 Å². The number of nitrogens with zero attached hydrogens (tertiary/aromatic N) is 1. The molecule has 0 unspecified atom stereocenters. The van der Waals surface area contributed by atoms with Gasteiger partial charge in [0.15, 0.2) is 0 Å². The number of rotatable bonds is 2. The SMILES string of the molecule is N[C@@H]1C(=O)N(Cc2ccc(Cl)c(Cl)c2)c2ccccc21. The van der Waals surface area contributed by atoms with Crippen LogP contribution in [0.5, 0.6) is 0 Å². The van der Waals surface area contributed by atoms with Crippen molar-refractivity contribution in [3.05, 3.63) is 63.6 Å². The third kappa shape index (κ3) is 2.18. The molecular formula is C15H12Cl2N2O. The molecule has 0 spiro atoms. The van der Waals surface area contributed by atoms with E-state index in [2.05, 4.69) is 0 Å². The summed E-state index contributed by atoms with van der Waals surface area (Å²) < 4.78 is 0. The Balaban J connectivity index is 1.95. The van der Waals surface area contributed by atoms with Crippen LogP contribution in [-0.4, -0.2) is 5.91 Å².